The molecule has 0 unspecified atom stereocenters. The van der Waals surface area contributed by atoms with Gasteiger partial charge in [-0.2, -0.15) is 4.31 Å². The van der Waals surface area contributed by atoms with Crippen molar-refractivity contribution in [3.05, 3.63) is 48.0 Å². The van der Waals surface area contributed by atoms with Gasteiger partial charge in [0.15, 0.2) is 6.61 Å². The fraction of sp³-hybridized carbons (Fsp3) is 0.381. The number of sulfonamides is 1. The van der Waals surface area contributed by atoms with Gasteiger partial charge in [-0.15, -0.1) is 0 Å². The largest absolute Gasteiger partial charge is 0.495 e. The molecule has 0 aliphatic rings. The van der Waals surface area contributed by atoms with Gasteiger partial charge in [-0.05, 0) is 42.3 Å². The molecule has 7 nitrogen and oxygen atoms in total. The lowest BCUT2D eigenvalue weighted by atomic mass is 10.2. The number of carbonyl (C=O) groups is 1. The van der Waals surface area contributed by atoms with Gasteiger partial charge in [0.25, 0.3) is 5.91 Å². The Balaban J connectivity index is 2.17. The Morgan fingerprint density at radius 2 is 1.79 bits per heavy atom. The molecular formula is C21H28N2O5S. The predicted molar refractivity (Wildman–Crippen MR) is 113 cm³/mol. The Kier molecular flexibility index (Phi) is 8.04. The molecule has 29 heavy (non-hydrogen) atoms. The van der Waals surface area contributed by atoms with E-state index >= 15 is 0 Å². The van der Waals surface area contributed by atoms with E-state index in [9.17, 15) is 13.2 Å². The van der Waals surface area contributed by atoms with E-state index in [0.29, 0.717) is 24.6 Å². The quantitative estimate of drug-likeness (QED) is 0.637. The zero-order valence-electron chi connectivity index (χ0n) is 17.3. The molecule has 0 saturated carbocycles. The summed E-state index contributed by atoms with van der Waals surface area (Å²) in [5.41, 5.74) is 1.38. The third kappa shape index (κ3) is 5.71. The maximum atomic E-state index is 12.8. The molecule has 0 aromatic heterocycles. The SMILES string of the molecule is CCc1cccc(OCC(=O)Nc2cc(S(=O)(=O)N(CC)CC)ccc2OC)c1. The number of carbonyl (C=O) groups excluding carboxylic acids is 1. The van der Waals surface area contributed by atoms with Gasteiger partial charge in [0.05, 0.1) is 17.7 Å². The highest BCUT2D eigenvalue weighted by Crippen LogP contribution is 2.29. The van der Waals surface area contributed by atoms with E-state index in [-0.39, 0.29) is 17.2 Å². The summed E-state index contributed by atoms with van der Waals surface area (Å²) in [5, 5.41) is 2.68. The number of nitrogens with zero attached hydrogens (tertiary/aromatic N) is 1. The van der Waals surface area contributed by atoms with E-state index in [0.717, 1.165) is 12.0 Å². The Bertz CT molecular complexity index is 940. The van der Waals surface area contributed by atoms with Crippen LogP contribution in [0, 0.1) is 0 Å². The molecule has 2 rings (SSSR count). The molecule has 0 saturated heterocycles. The van der Waals surface area contributed by atoms with Crippen LogP contribution < -0.4 is 14.8 Å². The lowest BCUT2D eigenvalue weighted by Crippen LogP contribution is -2.30. The lowest BCUT2D eigenvalue weighted by Gasteiger charge is -2.19. The van der Waals surface area contributed by atoms with Crippen LogP contribution in [0.15, 0.2) is 47.4 Å². The smallest absolute Gasteiger partial charge is 0.262 e. The third-order valence-corrected chi connectivity index (χ3v) is 6.51. The highest BCUT2D eigenvalue weighted by Gasteiger charge is 2.23. The normalized spacial score (nSPS) is 11.3. The molecule has 0 aliphatic carbocycles. The van der Waals surface area contributed by atoms with Gasteiger partial charge in [-0.1, -0.05) is 32.9 Å². The number of hydrogen-bond acceptors (Lipinski definition) is 5. The Hall–Kier alpha value is -2.58. The molecule has 0 fully saturated rings. The first-order chi connectivity index (χ1) is 13.8. The molecule has 158 valence electrons. The summed E-state index contributed by atoms with van der Waals surface area (Å²) in [6, 6.07) is 11.9. The molecule has 0 bridgehead atoms. The van der Waals surface area contributed by atoms with Crippen molar-refractivity contribution in [3.63, 3.8) is 0 Å². The summed E-state index contributed by atoms with van der Waals surface area (Å²) in [4.78, 5) is 12.5. The van der Waals surface area contributed by atoms with Crippen molar-refractivity contribution in [1.82, 2.24) is 4.31 Å². The van der Waals surface area contributed by atoms with E-state index in [1.165, 1.54) is 29.6 Å². The van der Waals surface area contributed by atoms with Crippen molar-refractivity contribution < 1.29 is 22.7 Å². The average molecular weight is 421 g/mol. The number of hydrogen-bond donors (Lipinski definition) is 1. The molecule has 0 radical (unpaired) electrons. The van der Waals surface area contributed by atoms with E-state index in [1.54, 1.807) is 19.9 Å². The minimum absolute atomic E-state index is 0.0915. The molecule has 2 aromatic carbocycles. The first-order valence-electron chi connectivity index (χ1n) is 9.55. The average Bonchev–Trinajstić information content (AvgIpc) is 2.73. The molecule has 0 aliphatic heterocycles. The fourth-order valence-electron chi connectivity index (χ4n) is 2.85. The number of amides is 1. The van der Waals surface area contributed by atoms with Gasteiger partial charge in [0, 0.05) is 13.1 Å². The van der Waals surface area contributed by atoms with Crippen LogP contribution in [0.3, 0.4) is 0 Å². The number of anilines is 1. The molecule has 0 spiro atoms. The summed E-state index contributed by atoms with van der Waals surface area (Å²) < 4.78 is 37.7. The second kappa shape index (κ2) is 10.3. The van der Waals surface area contributed by atoms with E-state index in [4.69, 9.17) is 9.47 Å². The number of aryl methyl sites for hydroxylation is 1. The van der Waals surface area contributed by atoms with Crippen LogP contribution in [0.25, 0.3) is 0 Å². The first kappa shape index (κ1) is 22.7. The van der Waals surface area contributed by atoms with Crippen LogP contribution in [0.5, 0.6) is 11.5 Å². The van der Waals surface area contributed by atoms with E-state index in [2.05, 4.69) is 5.32 Å². The number of nitrogens with one attached hydrogen (secondary N) is 1. The van der Waals surface area contributed by atoms with Crippen LogP contribution in [0.2, 0.25) is 0 Å². The Labute approximate surface area is 172 Å². The zero-order chi connectivity index (χ0) is 21.4. The number of benzene rings is 2. The summed E-state index contributed by atoms with van der Waals surface area (Å²) in [6.45, 7) is 6.10. The molecule has 8 heteroatoms. The van der Waals surface area contributed by atoms with Crippen molar-refractivity contribution in [2.45, 2.75) is 32.1 Å². The second-order valence-corrected chi connectivity index (χ2v) is 8.23. The maximum Gasteiger partial charge on any atom is 0.262 e. The molecular weight excluding hydrogens is 392 g/mol. The Morgan fingerprint density at radius 3 is 2.41 bits per heavy atom. The molecule has 2 aromatic rings. The number of ether oxygens (including phenoxy) is 2. The van der Waals surface area contributed by atoms with Crippen molar-refractivity contribution in [3.8, 4) is 11.5 Å². The molecule has 1 amide bonds. The van der Waals surface area contributed by atoms with Gasteiger partial charge in [0.2, 0.25) is 10.0 Å². The predicted octanol–water partition coefficient (Wildman–Crippen LogP) is 3.31. The van der Waals surface area contributed by atoms with Crippen molar-refractivity contribution in [2.75, 3.05) is 32.1 Å². The Morgan fingerprint density at radius 1 is 1.07 bits per heavy atom. The minimum atomic E-state index is -3.65. The standard InChI is InChI=1S/C21H28N2O5S/c1-5-16-9-8-10-17(13-16)28-15-21(24)22-19-14-18(11-12-20(19)27-4)29(25,26)23(6-2)7-3/h8-14H,5-7,15H2,1-4H3,(H,22,24). The van der Waals surface area contributed by atoms with Crippen LogP contribution in [-0.2, 0) is 21.2 Å². The summed E-state index contributed by atoms with van der Waals surface area (Å²) in [5.74, 6) is 0.553. The first-order valence-corrected chi connectivity index (χ1v) is 11.0. The zero-order valence-corrected chi connectivity index (χ0v) is 18.1. The molecule has 0 atom stereocenters. The third-order valence-electron chi connectivity index (χ3n) is 4.46. The topological polar surface area (TPSA) is 84.9 Å². The van der Waals surface area contributed by atoms with Gasteiger partial charge in [0.1, 0.15) is 11.5 Å². The minimum Gasteiger partial charge on any atom is -0.495 e. The summed E-state index contributed by atoms with van der Waals surface area (Å²) in [7, 11) is -2.20. The highest BCUT2D eigenvalue weighted by atomic mass is 32.2. The van der Waals surface area contributed by atoms with Crippen molar-refractivity contribution in [1.29, 1.82) is 0 Å². The van der Waals surface area contributed by atoms with Crippen LogP contribution in [0.1, 0.15) is 26.3 Å². The highest BCUT2D eigenvalue weighted by molar-refractivity contribution is 7.89. The molecule has 0 heterocycles. The molecule has 1 N–H and O–H groups in total. The lowest BCUT2D eigenvalue weighted by molar-refractivity contribution is -0.118. The van der Waals surface area contributed by atoms with Gasteiger partial charge in [-0.3, -0.25) is 4.79 Å². The monoisotopic (exact) mass is 420 g/mol. The van der Waals surface area contributed by atoms with Crippen molar-refractivity contribution >= 4 is 21.6 Å². The van der Waals surface area contributed by atoms with E-state index < -0.39 is 15.9 Å². The second-order valence-electron chi connectivity index (χ2n) is 6.29. The van der Waals surface area contributed by atoms with Gasteiger partial charge in [-0.25, -0.2) is 8.42 Å². The number of methoxy groups -OCH3 is 1. The summed E-state index contributed by atoms with van der Waals surface area (Å²) >= 11 is 0. The van der Waals surface area contributed by atoms with E-state index in [1.807, 2.05) is 25.1 Å². The summed E-state index contributed by atoms with van der Waals surface area (Å²) in [6.07, 6.45) is 0.869. The van der Waals surface area contributed by atoms with Gasteiger partial charge < -0.3 is 14.8 Å². The maximum absolute atomic E-state index is 12.8. The fourth-order valence-corrected chi connectivity index (χ4v) is 4.33. The van der Waals surface area contributed by atoms with Crippen LogP contribution >= 0.6 is 0 Å². The van der Waals surface area contributed by atoms with Gasteiger partial charge >= 0.3 is 0 Å². The van der Waals surface area contributed by atoms with Crippen LogP contribution in [-0.4, -0.2) is 45.4 Å². The van der Waals surface area contributed by atoms with Crippen LogP contribution in [0.4, 0.5) is 5.69 Å². The van der Waals surface area contributed by atoms with Crippen molar-refractivity contribution in [2.24, 2.45) is 0 Å². The number of rotatable bonds is 10.